The average Bonchev–Trinajstić information content (AvgIpc) is 3.08. The van der Waals surface area contributed by atoms with E-state index in [0.717, 1.165) is 51.3 Å². The minimum Gasteiger partial charge on any atom is -0.371 e. The number of rotatable bonds is 10. The SMILES string of the molecule is CCCCN1C=CC(c2ccc(-c3cc(-c4ccc(-c5ccncc5)cc4)nc(-c4ccc(CP=O)cc4)n3)cc2)=CC1C. The van der Waals surface area contributed by atoms with Crippen molar-refractivity contribution in [2.45, 2.75) is 38.9 Å². The smallest absolute Gasteiger partial charge is 0.160 e. The molecule has 5 aromatic rings. The van der Waals surface area contributed by atoms with Crippen LogP contribution in [0.5, 0.6) is 0 Å². The maximum absolute atomic E-state index is 11.1. The van der Waals surface area contributed by atoms with Gasteiger partial charge in [0.2, 0.25) is 0 Å². The van der Waals surface area contributed by atoms with Crippen LogP contribution >= 0.6 is 8.46 Å². The van der Waals surface area contributed by atoms with Crippen molar-refractivity contribution in [3.8, 4) is 45.0 Å². The highest BCUT2D eigenvalue weighted by Crippen LogP contribution is 2.31. The molecule has 0 spiro atoms. The Hall–Kier alpha value is -4.73. The molecule has 0 radical (unpaired) electrons. The molecule has 0 N–H and O–H groups in total. The number of pyridine rings is 1. The van der Waals surface area contributed by atoms with Gasteiger partial charge in [-0.25, -0.2) is 9.97 Å². The molecule has 0 bridgehead atoms. The van der Waals surface area contributed by atoms with Gasteiger partial charge in [0.05, 0.1) is 17.5 Å². The molecule has 1 aliphatic rings. The molecule has 5 nitrogen and oxygen atoms in total. The van der Waals surface area contributed by atoms with E-state index >= 15 is 0 Å². The number of benzene rings is 3. The van der Waals surface area contributed by atoms with Gasteiger partial charge in [0.25, 0.3) is 0 Å². The Bertz CT molecular complexity index is 1780. The molecule has 1 atom stereocenters. The first kappa shape index (κ1) is 29.3. The minimum absolute atomic E-state index is 0.111. The number of hydrogen-bond donors (Lipinski definition) is 0. The molecule has 6 heteroatoms. The molecule has 0 saturated heterocycles. The Kier molecular flexibility index (Phi) is 9.14. The summed E-state index contributed by atoms with van der Waals surface area (Å²) in [5.74, 6) is 0.657. The van der Waals surface area contributed by atoms with E-state index < -0.39 is 0 Å². The molecule has 1 unspecified atom stereocenters. The quantitative estimate of drug-likeness (QED) is 0.151. The van der Waals surface area contributed by atoms with Gasteiger partial charge in [0, 0.05) is 47.9 Å². The maximum Gasteiger partial charge on any atom is 0.160 e. The largest absolute Gasteiger partial charge is 0.371 e. The lowest BCUT2D eigenvalue weighted by molar-refractivity contribution is 0.327. The zero-order chi connectivity index (χ0) is 30.3. The normalized spacial score (nSPS) is 14.5. The molecular weight excluding hydrogens is 559 g/mol. The second-order valence-corrected chi connectivity index (χ2v) is 11.7. The summed E-state index contributed by atoms with van der Waals surface area (Å²) in [4.78, 5) is 16.6. The number of unbranched alkanes of at least 4 members (excludes halogenated alkanes) is 1. The van der Waals surface area contributed by atoms with Crippen molar-refractivity contribution in [2.75, 3.05) is 6.54 Å². The van der Waals surface area contributed by atoms with Crippen LogP contribution in [0.15, 0.2) is 122 Å². The molecule has 0 saturated carbocycles. The Morgan fingerprint density at radius 2 is 1.30 bits per heavy atom. The first-order valence-corrected chi connectivity index (χ1v) is 16.2. The second kappa shape index (κ2) is 13.7. The van der Waals surface area contributed by atoms with Crippen molar-refractivity contribution in [1.29, 1.82) is 0 Å². The molecule has 218 valence electrons. The van der Waals surface area contributed by atoms with Gasteiger partial charge in [-0.3, -0.25) is 9.55 Å². The molecule has 1 aliphatic heterocycles. The number of allylic oxidation sites excluding steroid dienone is 2. The average molecular weight is 595 g/mol. The molecule has 0 fully saturated rings. The lowest BCUT2D eigenvalue weighted by atomic mass is 9.98. The summed E-state index contributed by atoms with van der Waals surface area (Å²) in [5.41, 5.74) is 10.4. The van der Waals surface area contributed by atoms with Gasteiger partial charge < -0.3 is 4.90 Å². The Balaban J connectivity index is 1.33. The summed E-state index contributed by atoms with van der Waals surface area (Å²) in [6.07, 6.45) is 13.3. The number of nitrogens with zero attached hydrogens (tertiary/aromatic N) is 4. The van der Waals surface area contributed by atoms with Crippen LogP contribution in [0.25, 0.3) is 50.6 Å². The fourth-order valence-corrected chi connectivity index (χ4v) is 5.81. The summed E-state index contributed by atoms with van der Waals surface area (Å²) < 4.78 is 11.1. The van der Waals surface area contributed by atoms with Crippen LogP contribution in [0.3, 0.4) is 0 Å². The van der Waals surface area contributed by atoms with Crippen LogP contribution in [0.4, 0.5) is 0 Å². The monoisotopic (exact) mass is 594 g/mol. The second-order valence-electron chi connectivity index (χ2n) is 11.1. The minimum atomic E-state index is 0.111. The summed E-state index contributed by atoms with van der Waals surface area (Å²) in [5, 5.41) is 0. The lowest BCUT2D eigenvalue weighted by Crippen LogP contribution is -2.29. The van der Waals surface area contributed by atoms with Crippen LogP contribution in [0.2, 0.25) is 0 Å². The Morgan fingerprint density at radius 1 is 0.727 bits per heavy atom. The van der Waals surface area contributed by atoms with Crippen LogP contribution < -0.4 is 0 Å². The predicted molar refractivity (Wildman–Crippen MR) is 181 cm³/mol. The van der Waals surface area contributed by atoms with Gasteiger partial charge >= 0.3 is 0 Å². The molecule has 3 aromatic carbocycles. The summed E-state index contributed by atoms with van der Waals surface area (Å²) in [6.45, 7) is 5.58. The summed E-state index contributed by atoms with van der Waals surface area (Å²) in [6, 6.07) is 31.6. The zero-order valence-corrected chi connectivity index (χ0v) is 26.0. The first-order chi connectivity index (χ1) is 21.6. The van der Waals surface area contributed by atoms with Crippen molar-refractivity contribution in [1.82, 2.24) is 19.9 Å². The molecule has 44 heavy (non-hydrogen) atoms. The molecule has 0 amide bonds. The zero-order valence-electron chi connectivity index (χ0n) is 25.1. The van der Waals surface area contributed by atoms with Gasteiger partial charge in [-0.1, -0.05) is 92.2 Å². The van der Waals surface area contributed by atoms with Crippen LogP contribution in [-0.2, 0) is 10.7 Å². The Morgan fingerprint density at radius 3 is 1.89 bits per heavy atom. The molecule has 6 rings (SSSR count). The van der Waals surface area contributed by atoms with Crippen LogP contribution in [0.1, 0.15) is 37.8 Å². The van der Waals surface area contributed by atoms with Crippen molar-refractivity contribution in [2.24, 2.45) is 0 Å². The highest BCUT2D eigenvalue weighted by atomic mass is 31.1. The van der Waals surface area contributed by atoms with Gasteiger partial charge in [0.15, 0.2) is 14.3 Å². The third kappa shape index (κ3) is 6.74. The third-order valence-electron chi connectivity index (χ3n) is 8.05. The van der Waals surface area contributed by atoms with Crippen molar-refractivity contribution in [3.63, 3.8) is 0 Å². The van der Waals surface area contributed by atoms with E-state index in [1.807, 2.05) is 48.8 Å². The van der Waals surface area contributed by atoms with E-state index in [4.69, 9.17) is 9.97 Å². The number of aromatic nitrogens is 3. The molecular formula is C38H35N4OP. The van der Waals surface area contributed by atoms with Gasteiger partial charge in [0.1, 0.15) is 0 Å². The van der Waals surface area contributed by atoms with Gasteiger partial charge in [-0.05, 0) is 65.4 Å². The lowest BCUT2D eigenvalue weighted by Gasteiger charge is -2.29. The van der Waals surface area contributed by atoms with E-state index in [0.29, 0.717) is 18.0 Å². The van der Waals surface area contributed by atoms with Crippen LogP contribution in [-0.4, -0.2) is 32.4 Å². The van der Waals surface area contributed by atoms with E-state index in [2.05, 4.69) is 96.7 Å². The van der Waals surface area contributed by atoms with E-state index in [9.17, 15) is 4.57 Å². The molecule has 0 aliphatic carbocycles. The topological polar surface area (TPSA) is 59.0 Å². The maximum atomic E-state index is 11.1. The highest BCUT2D eigenvalue weighted by Gasteiger charge is 2.15. The predicted octanol–water partition coefficient (Wildman–Crippen LogP) is 9.73. The van der Waals surface area contributed by atoms with E-state index in [1.165, 1.54) is 24.0 Å². The summed E-state index contributed by atoms with van der Waals surface area (Å²) >= 11 is 0. The van der Waals surface area contributed by atoms with E-state index in [-0.39, 0.29) is 8.46 Å². The van der Waals surface area contributed by atoms with Crippen molar-refractivity contribution < 1.29 is 4.57 Å². The van der Waals surface area contributed by atoms with Gasteiger partial charge in [-0.15, -0.1) is 0 Å². The molecule has 3 heterocycles. The fraction of sp³-hybridized carbons (Fsp3) is 0.184. The third-order valence-corrected chi connectivity index (χ3v) is 8.55. The van der Waals surface area contributed by atoms with Crippen molar-refractivity contribution >= 4 is 14.0 Å². The highest BCUT2D eigenvalue weighted by molar-refractivity contribution is 7.22. The number of hydrogen-bond acceptors (Lipinski definition) is 5. The Labute approximate surface area is 261 Å². The van der Waals surface area contributed by atoms with Crippen molar-refractivity contribution in [3.05, 3.63) is 133 Å². The van der Waals surface area contributed by atoms with Gasteiger partial charge in [-0.2, -0.15) is 0 Å². The van der Waals surface area contributed by atoms with E-state index in [1.54, 1.807) is 0 Å². The van der Waals surface area contributed by atoms with Crippen LogP contribution in [0, 0.1) is 0 Å². The fourth-order valence-electron chi connectivity index (χ4n) is 5.45. The summed E-state index contributed by atoms with van der Waals surface area (Å²) in [7, 11) is 0.111. The first-order valence-electron chi connectivity index (χ1n) is 15.2. The standard InChI is InChI=1S/C38H35N4OP/c1-3-4-22-42-23-19-35(24-27(42)2)30-11-15-33(16-12-30)37-25-36(32-13-9-29(10-14-32)31-17-20-39-21-18-31)40-38(41-37)34-7-5-28(6-8-34)26-44-43/h5-21,23-25,27H,3-4,22,26H2,1-2H3. The molecule has 2 aromatic heterocycles.